The molecule has 27 heavy (non-hydrogen) atoms. The molecule has 5 nitrogen and oxygen atoms in total. The molecular weight excluding hydrogens is 336 g/mol. The van der Waals surface area contributed by atoms with Gasteiger partial charge < -0.3 is 10.2 Å². The lowest BCUT2D eigenvalue weighted by Gasteiger charge is -2.32. The summed E-state index contributed by atoms with van der Waals surface area (Å²) in [4.78, 5) is 19.1. The van der Waals surface area contributed by atoms with E-state index in [0.717, 1.165) is 45.0 Å². The van der Waals surface area contributed by atoms with E-state index in [1.807, 2.05) is 42.3 Å². The number of anilines is 1. The summed E-state index contributed by atoms with van der Waals surface area (Å²) in [6.07, 6.45) is 0. The molecule has 0 atom stereocenters. The van der Waals surface area contributed by atoms with Crippen molar-refractivity contribution in [3.8, 4) is 0 Å². The van der Waals surface area contributed by atoms with E-state index in [-0.39, 0.29) is 5.91 Å². The van der Waals surface area contributed by atoms with Crippen LogP contribution in [-0.2, 0) is 17.9 Å². The van der Waals surface area contributed by atoms with Gasteiger partial charge in [0.1, 0.15) is 0 Å². The minimum Gasteiger partial charge on any atom is -0.325 e. The van der Waals surface area contributed by atoms with Crippen LogP contribution in [0.25, 0.3) is 0 Å². The van der Waals surface area contributed by atoms with Crippen molar-refractivity contribution in [3.05, 3.63) is 65.7 Å². The molecule has 2 aromatic rings. The summed E-state index contributed by atoms with van der Waals surface area (Å²) < 4.78 is 0. The van der Waals surface area contributed by atoms with E-state index in [1.165, 1.54) is 11.1 Å². The highest BCUT2D eigenvalue weighted by molar-refractivity contribution is 5.92. The molecule has 0 aromatic heterocycles. The fourth-order valence-electron chi connectivity index (χ4n) is 3.35. The molecule has 2 aromatic carbocycles. The van der Waals surface area contributed by atoms with E-state index >= 15 is 0 Å². The maximum atomic E-state index is 12.3. The second kappa shape index (κ2) is 9.65. The topological polar surface area (TPSA) is 38.8 Å². The third kappa shape index (κ3) is 6.47. The number of nitrogens with one attached hydrogen (secondary N) is 1. The first-order chi connectivity index (χ1) is 13.1. The third-order valence-corrected chi connectivity index (χ3v) is 4.95. The third-order valence-electron chi connectivity index (χ3n) is 4.95. The van der Waals surface area contributed by atoms with Gasteiger partial charge in [-0.15, -0.1) is 0 Å². The Morgan fingerprint density at radius 1 is 0.963 bits per heavy atom. The molecule has 1 fully saturated rings. The first-order valence-corrected chi connectivity index (χ1v) is 9.60. The van der Waals surface area contributed by atoms with Crippen LogP contribution in [0, 0.1) is 0 Å². The van der Waals surface area contributed by atoms with Crippen LogP contribution < -0.4 is 5.32 Å². The zero-order valence-electron chi connectivity index (χ0n) is 16.4. The predicted molar refractivity (Wildman–Crippen MR) is 111 cm³/mol. The average Bonchev–Trinajstić information content (AvgIpc) is 2.66. The fourth-order valence-corrected chi connectivity index (χ4v) is 3.35. The van der Waals surface area contributed by atoms with Crippen molar-refractivity contribution in [2.75, 3.05) is 52.1 Å². The standard InChI is InChI=1S/C22H30N4O/c1-24-12-14-26(15-13-24)17-20-8-10-21(11-9-20)23-22(27)18-25(2)16-19-6-4-3-5-7-19/h3-11H,12-18H2,1-2H3,(H,23,27). The molecule has 0 aliphatic carbocycles. The molecule has 1 aliphatic rings. The number of piperazine rings is 1. The summed E-state index contributed by atoms with van der Waals surface area (Å²) in [6, 6.07) is 18.4. The summed E-state index contributed by atoms with van der Waals surface area (Å²) in [5.74, 6) is 0.0141. The lowest BCUT2D eigenvalue weighted by Crippen LogP contribution is -2.43. The molecular formula is C22H30N4O. The maximum absolute atomic E-state index is 12.3. The number of likely N-dealkylation sites (N-methyl/N-ethyl adjacent to an activating group) is 2. The van der Waals surface area contributed by atoms with Crippen LogP contribution in [0.4, 0.5) is 5.69 Å². The molecule has 0 radical (unpaired) electrons. The van der Waals surface area contributed by atoms with Gasteiger partial charge in [-0.3, -0.25) is 14.6 Å². The normalized spacial score (nSPS) is 15.8. The van der Waals surface area contributed by atoms with E-state index in [4.69, 9.17) is 0 Å². The highest BCUT2D eigenvalue weighted by Gasteiger charge is 2.14. The minimum atomic E-state index is 0.0141. The van der Waals surface area contributed by atoms with Gasteiger partial charge in [-0.05, 0) is 37.4 Å². The van der Waals surface area contributed by atoms with Gasteiger partial charge in [-0.25, -0.2) is 0 Å². The number of amides is 1. The number of nitrogens with zero attached hydrogens (tertiary/aromatic N) is 3. The zero-order chi connectivity index (χ0) is 19.1. The monoisotopic (exact) mass is 366 g/mol. The van der Waals surface area contributed by atoms with Gasteiger partial charge in [-0.1, -0.05) is 42.5 Å². The second-order valence-electron chi connectivity index (χ2n) is 7.48. The lowest BCUT2D eigenvalue weighted by atomic mass is 10.1. The van der Waals surface area contributed by atoms with Gasteiger partial charge in [0, 0.05) is 45.0 Å². The number of hydrogen-bond acceptors (Lipinski definition) is 4. The van der Waals surface area contributed by atoms with E-state index in [9.17, 15) is 4.79 Å². The Hall–Kier alpha value is -2.21. The Morgan fingerprint density at radius 2 is 1.63 bits per heavy atom. The van der Waals surface area contributed by atoms with E-state index in [0.29, 0.717) is 6.54 Å². The highest BCUT2D eigenvalue weighted by Crippen LogP contribution is 2.13. The highest BCUT2D eigenvalue weighted by atomic mass is 16.2. The van der Waals surface area contributed by atoms with Gasteiger partial charge in [0.15, 0.2) is 0 Å². The van der Waals surface area contributed by atoms with Crippen LogP contribution in [0.5, 0.6) is 0 Å². The quantitative estimate of drug-likeness (QED) is 0.817. The van der Waals surface area contributed by atoms with Crippen LogP contribution >= 0.6 is 0 Å². The van der Waals surface area contributed by atoms with Crippen molar-refractivity contribution in [1.82, 2.24) is 14.7 Å². The van der Waals surface area contributed by atoms with Crippen molar-refractivity contribution in [2.45, 2.75) is 13.1 Å². The Balaban J connectivity index is 1.44. The molecule has 0 spiro atoms. The van der Waals surface area contributed by atoms with Gasteiger partial charge >= 0.3 is 0 Å². The first-order valence-electron chi connectivity index (χ1n) is 9.60. The van der Waals surface area contributed by atoms with Gasteiger partial charge in [0.25, 0.3) is 0 Å². The molecule has 0 bridgehead atoms. The molecule has 1 N–H and O–H groups in total. The number of carbonyl (C=O) groups is 1. The average molecular weight is 367 g/mol. The van der Waals surface area contributed by atoms with E-state index in [1.54, 1.807) is 0 Å². The number of carbonyl (C=O) groups excluding carboxylic acids is 1. The Labute approximate surface area is 162 Å². The van der Waals surface area contributed by atoms with Gasteiger partial charge in [0.2, 0.25) is 5.91 Å². The van der Waals surface area contributed by atoms with Crippen molar-refractivity contribution in [1.29, 1.82) is 0 Å². The molecule has 0 saturated carbocycles. The molecule has 3 rings (SSSR count). The van der Waals surface area contributed by atoms with Crippen LogP contribution in [-0.4, -0.2) is 67.4 Å². The van der Waals surface area contributed by atoms with E-state index in [2.05, 4.69) is 46.4 Å². The molecule has 144 valence electrons. The summed E-state index contributed by atoms with van der Waals surface area (Å²) in [5.41, 5.74) is 3.36. The molecule has 1 aliphatic heterocycles. The van der Waals surface area contributed by atoms with Crippen LogP contribution in [0.3, 0.4) is 0 Å². The SMILES string of the molecule is CN1CCN(Cc2ccc(NC(=O)CN(C)Cc3ccccc3)cc2)CC1. The summed E-state index contributed by atoms with van der Waals surface area (Å²) >= 11 is 0. The first kappa shape index (κ1) is 19.5. The van der Waals surface area contributed by atoms with Crippen molar-refractivity contribution < 1.29 is 4.79 Å². The Morgan fingerprint density at radius 3 is 2.30 bits per heavy atom. The molecule has 1 saturated heterocycles. The molecule has 0 unspecified atom stereocenters. The summed E-state index contributed by atoms with van der Waals surface area (Å²) in [7, 11) is 4.14. The molecule has 5 heteroatoms. The summed E-state index contributed by atoms with van der Waals surface area (Å²) in [5, 5.41) is 2.99. The Bertz CT molecular complexity index is 709. The van der Waals surface area contributed by atoms with E-state index < -0.39 is 0 Å². The maximum Gasteiger partial charge on any atom is 0.238 e. The molecule has 1 amide bonds. The fraction of sp³-hybridized carbons (Fsp3) is 0.409. The lowest BCUT2D eigenvalue weighted by molar-refractivity contribution is -0.117. The van der Waals surface area contributed by atoms with Gasteiger partial charge in [-0.2, -0.15) is 0 Å². The largest absolute Gasteiger partial charge is 0.325 e. The number of hydrogen-bond donors (Lipinski definition) is 1. The predicted octanol–water partition coefficient (Wildman–Crippen LogP) is 2.50. The summed E-state index contributed by atoms with van der Waals surface area (Å²) in [6.45, 7) is 6.60. The van der Waals surface area contributed by atoms with Crippen LogP contribution in [0.2, 0.25) is 0 Å². The van der Waals surface area contributed by atoms with Crippen molar-refractivity contribution in [3.63, 3.8) is 0 Å². The number of benzene rings is 2. The minimum absolute atomic E-state index is 0.0141. The van der Waals surface area contributed by atoms with Crippen LogP contribution in [0.1, 0.15) is 11.1 Å². The number of rotatable bonds is 7. The van der Waals surface area contributed by atoms with Crippen molar-refractivity contribution >= 4 is 11.6 Å². The second-order valence-corrected chi connectivity index (χ2v) is 7.48. The van der Waals surface area contributed by atoms with Gasteiger partial charge in [0.05, 0.1) is 6.54 Å². The van der Waals surface area contributed by atoms with Crippen LogP contribution in [0.15, 0.2) is 54.6 Å². The smallest absolute Gasteiger partial charge is 0.238 e. The zero-order valence-corrected chi connectivity index (χ0v) is 16.4. The Kier molecular flexibility index (Phi) is 6.98. The van der Waals surface area contributed by atoms with Crippen molar-refractivity contribution in [2.24, 2.45) is 0 Å². The molecule has 1 heterocycles.